The molecule has 0 bridgehead atoms. The Morgan fingerprint density at radius 1 is 1.33 bits per heavy atom. The summed E-state index contributed by atoms with van der Waals surface area (Å²) in [6.07, 6.45) is 5.17. The van der Waals surface area contributed by atoms with Crippen molar-refractivity contribution in [2.75, 3.05) is 12.3 Å². The molecule has 1 aliphatic rings. The minimum absolute atomic E-state index is 0.0560. The highest BCUT2D eigenvalue weighted by atomic mass is 28.4. The van der Waals surface area contributed by atoms with Gasteiger partial charge in [-0.2, -0.15) is 0 Å². The standard InChI is InChI=1S/C13H21N5O2Si/c1-21(2,3)19-6-9-4-5-10(20-9)18-8-17-11-12(14)15-7-16-13(11)18/h7-10H,4-6H2,1-3H3,(H2,14,15,16). The number of aromatic nitrogens is 4. The average molecular weight is 307 g/mol. The first-order chi connectivity index (χ1) is 9.94. The van der Waals surface area contributed by atoms with Crippen LogP contribution in [-0.4, -0.2) is 40.5 Å². The number of nitrogen functional groups attached to an aromatic ring is 1. The monoisotopic (exact) mass is 307 g/mol. The lowest BCUT2D eigenvalue weighted by molar-refractivity contribution is -0.0172. The first kappa shape index (κ1) is 14.4. The van der Waals surface area contributed by atoms with Crippen LogP contribution in [0.15, 0.2) is 12.7 Å². The van der Waals surface area contributed by atoms with E-state index in [0.29, 0.717) is 17.9 Å². The van der Waals surface area contributed by atoms with E-state index in [9.17, 15) is 0 Å². The van der Waals surface area contributed by atoms with Crippen molar-refractivity contribution in [2.24, 2.45) is 0 Å². The van der Waals surface area contributed by atoms with Crippen molar-refractivity contribution in [2.45, 2.75) is 44.8 Å². The van der Waals surface area contributed by atoms with Crippen molar-refractivity contribution < 1.29 is 9.16 Å². The van der Waals surface area contributed by atoms with Gasteiger partial charge in [-0.1, -0.05) is 0 Å². The van der Waals surface area contributed by atoms with E-state index in [1.54, 1.807) is 6.33 Å². The van der Waals surface area contributed by atoms with Crippen molar-refractivity contribution in [3.8, 4) is 0 Å². The summed E-state index contributed by atoms with van der Waals surface area (Å²) in [5.41, 5.74) is 7.16. The molecule has 1 fully saturated rings. The van der Waals surface area contributed by atoms with Crippen LogP contribution in [0.1, 0.15) is 19.1 Å². The molecule has 2 N–H and O–H groups in total. The Morgan fingerprint density at radius 2 is 2.14 bits per heavy atom. The van der Waals surface area contributed by atoms with Gasteiger partial charge in [-0.15, -0.1) is 0 Å². The third-order valence-corrected chi connectivity index (χ3v) is 4.52. The number of nitrogens with zero attached hydrogens (tertiary/aromatic N) is 4. The van der Waals surface area contributed by atoms with Gasteiger partial charge in [-0.05, 0) is 32.5 Å². The fourth-order valence-electron chi connectivity index (χ4n) is 2.44. The van der Waals surface area contributed by atoms with Crippen LogP contribution in [0, 0.1) is 0 Å². The number of nitrogens with two attached hydrogens (primary N) is 1. The van der Waals surface area contributed by atoms with Gasteiger partial charge >= 0.3 is 0 Å². The number of rotatable bonds is 4. The molecule has 2 aromatic rings. The van der Waals surface area contributed by atoms with Crippen LogP contribution >= 0.6 is 0 Å². The summed E-state index contributed by atoms with van der Waals surface area (Å²) in [5.74, 6) is 0.398. The van der Waals surface area contributed by atoms with Crippen molar-refractivity contribution in [3.05, 3.63) is 12.7 Å². The second kappa shape index (κ2) is 5.36. The van der Waals surface area contributed by atoms with E-state index < -0.39 is 8.32 Å². The Bertz CT molecular complexity index is 639. The summed E-state index contributed by atoms with van der Waals surface area (Å²) in [7, 11) is -1.50. The lowest BCUT2D eigenvalue weighted by Crippen LogP contribution is -2.30. The number of hydrogen-bond acceptors (Lipinski definition) is 6. The summed E-state index contributed by atoms with van der Waals surface area (Å²) >= 11 is 0. The highest BCUT2D eigenvalue weighted by Crippen LogP contribution is 2.31. The molecule has 0 amide bonds. The molecule has 0 radical (unpaired) electrons. The Kier molecular flexibility index (Phi) is 3.68. The number of fused-ring (bicyclic) bond motifs is 1. The number of hydrogen-bond donors (Lipinski definition) is 1. The predicted octanol–water partition coefficient (Wildman–Crippen LogP) is 1.94. The fourth-order valence-corrected chi connectivity index (χ4v) is 3.12. The molecule has 0 aromatic carbocycles. The molecule has 0 aliphatic carbocycles. The largest absolute Gasteiger partial charge is 0.415 e. The molecule has 2 atom stereocenters. The molecule has 1 saturated heterocycles. The van der Waals surface area contributed by atoms with Crippen molar-refractivity contribution in [3.63, 3.8) is 0 Å². The lowest BCUT2D eigenvalue weighted by Gasteiger charge is -2.21. The maximum Gasteiger partial charge on any atom is 0.183 e. The summed E-state index contributed by atoms with van der Waals surface area (Å²) in [4.78, 5) is 12.5. The summed E-state index contributed by atoms with van der Waals surface area (Å²) in [6.45, 7) is 7.21. The van der Waals surface area contributed by atoms with Crippen LogP contribution in [0.5, 0.6) is 0 Å². The van der Waals surface area contributed by atoms with Crippen molar-refractivity contribution in [1.29, 1.82) is 0 Å². The molecule has 114 valence electrons. The molecule has 7 nitrogen and oxygen atoms in total. The quantitative estimate of drug-likeness (QED) is 0.868. The van der Waals surface area contributed by atoms with Crippen LogP contribution in [0.25, 0.3) is 11.2 Å². The van der Waals surface area contributed by atoms with E-state index in [4.69, 9.17) is 14.9 Å². The molecule has 8 heteroatoms. The van der Waals surface area contributed by atoms with Gasteiger partial charge in [0.05, 0.1) is 19.0 Å². The van der Waals surface area contributed by atoms with Crippen molar-refractivity contribution in [1.82, 2.24) is 19.5 Å². The SMILES string of the molecule is C[Si](C)(C)OCC1CCC(n2cnc3c(N)ncnc32)O1. The van der Waals surface area contributed by atoms with Crippen molar-refractivity contribution >= 4 is 25.3 Å². The molecule has 2 aromatic heterocycles. The van der Waals surface area contributed by atoms with Crippen LogP contribution < -0.4 is 5.73 Å². The third-order valence-electron chi connectivity index (χ3n) is 3.48. The maximum absolute atomic E-state index is 6.07. The second-order valence-electron chi connectivity index (χ2n) is 6.30. The van der Waals surface area contributed by atoms with Gasteiger partial charge in [0, 0.05) is 0 Å². The van der Waals surface area contributed by atoms with Crippen LogP contribution in [-0.2, 0) is 9.16 Å². The fraction of sp³-hybridized carbons (Fsp3) is 0.615. The van der Waals surface area contributed by atoms with E-state index in [-0.39, 0.29) is 12.3 Å². The topological polar surface area (TPSA) is 88.1 Å². The van der Waals surface area contributed by atoms with E-state index in [0.717, 1.165) is 18.5 Å². The van der Waals surface area contributed by atoms with E-state index in [1.807, 2.05) is 4.57 Å². The Hall–Kier alpha value is -1.51. The number of anilines is 1. The summed E-state index contributed by atoms with van der Waals surface area (Å²) in [6, 6.07) is 0. The summed E-state index contributed by atoms with van der Waals surface area (Å²) < 4.78 is 13.9. The zero-order chi connectivity index (χ0) is 15.0. The molecule has 3 heterocycles. The molecule has 2 unspecified atom stereocenters. The molecule has 21 heavy (non-hydrogen) atoms. The van der Waals surface area contributed by atoms with Crippen LogP contribution in [0.4, 0.5) is 5.82 Å². The van der Waals surface area contributed by atoms with Gasteiger partial charge in [-0.25, -0.2) is 15.0 Å². The normalized spacial score (nSPS) is 23.0. The summed E-state index contributed by atoms with van der Waals surface area (Å²) in [5, 5.41) is 0. The lowest BCUT2D eigenvalue weighted by atomic mass is 10.2. The zero-order valence-corrected chi connectivity index (χ0v) is 13.6. The molecule has 1 aliphatic heterocycles. The van der Waals surface area contributed by atoms with Gasteiger partial charge in [0.15, 0.2) is 19.8 Å². The molecule has 3 rings (SSSR count). The minimum atomic E-state index is -1.50. The van der Waals surface area contributed by atoms with E-state index in [1.165, 1.54) is 6.33 Å². The molecular weight excluding hydrogens is 286 g/mol. The van der Waals surface area contributed by atoms with E-state index >= 15 is 0 Å². The smallest absolute Gasteiger partial charge is 0.183 e. The van der Waals surface area contributed by atoms with Gasteiger partial charge in [0.1, 0.15) is 18.1 Å². The Morgan fingerprint density at radius 3 is 2.90 bits per heavy atom. The van der Waals surface area contributed by atoms with E-state index in [2.05, 4.69) is 34.6 Å². The molecular formula is C13H21N5O2Si. The zero-order valence-electron chi connectivity index (χ0n) is 12.6. The van der Waals surface area contributed by atoms with Gasteiger partial charge in [-0.3, -0.25) is 4.57 Å². The number of ether oxygens (including phenoxy) is 1. The first-order valence-electron chi connectivity index (χ1n) is 7.16. The third kappa shape index (κ3) is 3.07. The highest BCUT2D eigenvalue weighted by Gasteiger charge is 2.29. The van der Waals surface area contributed by atoms with Crippen LogP contribution in [0.3, 0.4) is 0 Å². The van der Waals surface area contributed by atoms with Gasteiger partial charge < -0.3 is 14.9 Å². The minimum Gasteiger partial charge on any atom is -0.415 e. The highest BCUT2D eigenvalue weighted by molar-refractivity contribution is 6.69. The molecule has 0 spiro atoms. The van der Waals surface area contributed by atoms with Gasteiger partial charge in [0.2, 0.25) is 0 Å². The van der Waals surface area contributed by atoms with Gasteiger partial charge in [0.25, 0.3) is 0 Å². The molecule has 0 saturated carbocycles. The Balaban J connectivity index is 1.72. The Labute approximate surface area is 124 Å². The average Bonchev–Trinajstić information content (AvgIpc) is 3.02. The first-order valence-corrected chi connectivity index (χ1v) is 10.6. The number of imidazole rings is 1. The predicted molar refractivity (Wildman–Crippen MR) is 82.2 cm³/mol. The van der Waals surface area contributed by atoms with Crippen LogP contribution in [0.2, 0.25) is 19.6 Å². The maximum atomic E-state index is 6.07. The second-order valence-corrected chi connectivity index (χ2v) is 10.8.